The van der Waals surface area contributed by atoms with Gasteiger partial charge in [-0.25, -0.2) is 13.1 Å². The largest absolute Gasteiger partial charge is 0.492 e. The minimum Gasteiger partial charge on any atom is -0.492 e. The molecule has 5 nitrogen and oxygen atoms in total. The fourth-order valence-electron chi connectivity index (χ4n) is 5.19. The zero-order valence-electron chi connectivity index (χ0n) is 19.1. The van der Waals surface area contributed by atoms with Crippen molar-refractivity contribution in [3.8, 4) is 5.75 Å². The molecule has 3 aliphatic rings. The van der Waals surface area contributed by atoms with Gasteiger partial charge in [-0.05, 0) is 86.4 Å². The number of likely N-dealkylation sites (tertiary alicyclic amines) is 1. The first-order valence-electron chi connectivity index (χ1n) is 12.1. The Morgan fingerprint density at radius 1 is 1.03 bits per heavy atom. The molecular formula is C27H39ClN2O3S. The van der Waals surface area contributed by atoms with Crippen molar-refractivity contribution in [3.05, 3.63) is 65.2 Å². The maximum atomic E-state index is 12.1. The third kappa shape index (κ3) is 6.75. The molecule has 2 aromatic rings. The lowest BCUT2D eigenvalue weighted by molar-refractivity contribution is 0.0876. The second-order valence-electron chi connectivity index (χ2n) is 9.62. The fourth-order valence-corrected chi connectivity index (χ4v) is 6.66. The van der Waals surface area contributed by atoms with Crippen LogP contribution in [0, 0.1) is 5.92 Å². The highest BCUT2D eigenvalue weighted by atomic mass is 35.5. The third-order valence-electron chi connectivity index (χ3n) is 7.19. The summed E-state index contributed by atoms with van der Waals surface area (Å²) in [4.78, 5) is 2.65. The molecule has 34 heavy (non-hydrogen) atoms. The van der Waals surface area contributed by atoms with Crippen LogP contribution in [0.4, 0.5) is 0 Å². The minimum atomic E-state index is -3.18. The van der Waals surface area contributed by atoms with Gasteiger partial charge in [0.1, 0.15) is 12.4 Å². The van der Waals surface area contributed by atoms with Gasteiger partial charge in [0.05, 0.1) is 5.75 Å². The van der Waals surface area contributed by atoms with Crippen LogP contribution in [0.1, 0.15) is 55.7 Å². The second-order valence-corrected chi connectivity index (χ2v) is 11.5. The first-order chi connectivity index (χ1) is 15.6. The Bertz CT molecular complexity index is 1020. The molecule has 1 saturated carbocycles. The van der Waals surface area contributed by atoms with Crippen LogP contribution in [-0.4, -0.2) is 51.4 Å². The first-order valence-corrected chi connectivity index (χ1v) is 13.7. The van der Waals surface area contributed by atoms with Crippen molar-refractivity contribution in [2.45, 2.75) is 57.9 Å². The highest BCUT2D eigenvalue weighted by Gasteiger charge is 2.36. The summed E-state index contributed by atoms with van der Waals surface area (Å²) in [5, 5.41) is 0. The SMILES string of the molecule is C.Cl.O=S(=O)(CC1CC1)NCCOc1ccc2c(c1)C(Cc1ccccc1)C(N1CCC1)CC2. The summed E-state index contributed by atoms with van der Waals surface area (Å²) in [6, 6.07) is 17.9. The Morgan fingerprint density at radius 2 is 1.79 bits per heavy atom. The highest BCUT2D eigenvalue weighted by molar-refractivity contribution is 7.89. The number of halogens is 1. The van der Waals surface area contributed by atoms with Crippen LogP contribution < -0.4 is 9.46 Å². The molecular weight excluding hydrogens is 468 g/mol. The molecule has 1 saturated heterocycles. The van der Waals surface area contributed by atoms with E-state index in [2.05, 4.69) is 52.1 Å². The molecule has 0 spiro atoms. The number of fused-ring (bicyclic) bond motifs is 1. The Hall–Kier alpha value is -1.60. The molecule has 2 atom stereocenters. The number of aryl methyl sites for hydroxylation is 1. The lowest BCUT2D eigenvalue weighted by Gasteiger charge is -2.45. The normalized spacial score (nSPS) is 22.0. The van der Waals surface area contributed by atoms with Crippen molar-refractivity contribution in [2.24, 2.45) is 5.92 Å². The minimum absolute atomic E-state index is 0. The summed E-state index contributed by atoms with van der Waals surface area (Å²) in [5.41, 5.74) is 4.22. The molecule has 0 bridgehead atoms. The van der Waals surface area contributed by atoms with Crippen molar-refractivity contribution in [3.63, 3.8) is 0 Å². The summed E-state index contributed by atoms with van der Waals surface area (Å²) in [5.74, 6) is 1.91. The van der Waals surface area contributed by atoms with Crippen LogP contribution in [0.2, 0.25) is 0 Å². The number of sulfonamides is 1. The molecule has 1 N–H and O–H groups in total. The molecule has 0 radical (unpaired) electrons. The zero-order chi connectivity index (χ0) is 22.0. The Balaban J connectivity index is 0.00000162. The molecule has 188 valence electrons. The Labute approximate surface area is 211 Å². The smallest absolute Gasteiger partial charge is 0.211 e. The molecule has 2 fully saturated rings. The zero-order valence-corrected chi connectivity index (χ0v) is 20.8. The monoisotopic (exact) mass is 506 g/mol. The number of benzene rings is 2. The van der Waals surface area contributed by atoms with E-state index in [-0.39, 0.29) is 25.6 Å². The van der Waals surface area contributed by atoms with E-state index in [9.17, 15) is 8.42 Å². The van der Waals surface area contributed by atoms with Gasteiger partial charge in [0, 0.05) is 18.5 Å². The van der Waals surface area contributed by atoms with E-state index in [0.717, 1.165) is 31.4 Å². The predicted molar refractivity (Wildman–Crippen MR) is 142 cm³/mol. The van der Waals surface area contributed by atoms with E-state index >= 15 is 0 Å². The standard InChI is InChI=1S/C26H34N2O3S.CH4.ClH/c29-32(30,19-21-7-8-21)27-13-16-31-23-11-9-22-10-12-26(28-14-4-15-28)25(24(22)18-23)17-20-5-2-1-3-6-20;;/h1-3,5-6,9,11,18,21,25-27H,4,7-8,10,12-17,19H2;1H4;1H. The summed E-state index contributed by atoms with van der Waals surface area (Å²) in [7, 11) is -3.18. The summed E-state index contributed by atoms with van der Waals surface area (Å²) in [6.07, 6.45) is 6.75. The molecule has 0 amide bonds. The van der Waals surface area contributed by atoms with Gasteiger partial charge >= 0.3 is 0 Å². The van der Waals surface area contributed by atoms with Gasteiger partial charge < -0.3 is 4.74 Å². The topological polar surface area (TPSA) is 58.6 Å². The van der Waals surface area contributed by atoms with Crippen LogP contribution >= 0.6 is 12.4 Å². The molecule has 0 aromatic heterocycles. The van der Waals surface area contributed by atoms with Gasteiger partial charge in [0.25, 0.3) is 0 Å². The van der Waals surface area contributed by atoms with E-state index < -0.39 is 10.0 Å². The summed E-state index contributed by atoms with van der Waals surface area (Å²) >= 11 is 0. The van der Waals surface area contributed by atoms with Crippen LogP contribution in [0.15, 0.2) is 48.5 Å². The highest BCUT2D eigenvalue weighted by Crippen LogP contribution is 2.40. The van der Waals surface area contributed by atoms with E-state index in [0.29, 0.717) is 31.0 Å². The van der Waals surface area contributed by atoms with Crippen LogP contribution in [0.25, 0.3) is 0 Å². The van der Waals surface area contributed by atoms with E-state index in [4.69, 9.17) is 4.74 Å². The fraction of sp³-hybridized carbons (Fsp3) is 0.556. The van der Waals surface area contributed by atoms with E-state index in [1.165, 1.54) is 42.6 Å². The van der Waals surface area contributed by atoms with Gasteiger partial charge in [-0.2, -0.15) is 0 Å². The second kappa shape index (κ2) is 11.9. The molecule has 7 heteroatoms. The molecule has 2 aliphatic carbocycles. The van der Waals surface area contributed by atoms with Crippen molar-refractivity contribution in [2.75, 3.05) is 32.0 Å². The Kier molecular flexibility index (Phi) is 9.44. The maximum absolute atomic E-state index is 12.1. The maximum Gasteiger partial charge on any atom is 0.211 e. The lowest BCUT2D eigenvalue weighted by atomic mass is 9.75. The predicted octanol–water partition coefficient (Wildman–Crippen LogP) is 4.80. The number of hydrogen-bond donors (Lipinski definition) is 1. The van der Waals surface area contributed by atoms with Crippen LogP contribution in [0.5, 0.6) is 5.75 Å². The van der Waals surface area contributed by atoms with Crippen LogP contribution in [-0.2, 0) is 22.9 Å². The van der Waals surface area contributed by atoms with Crippen molar-refractivity contribution in [1.29, 1.82) is 0 Å². The number of nitrogens with zero attached hydrogens (tertiary/aromatic N) is 1. The van der Waals surface area contributed by atoms with Gasteiger partial charge in [-0.3, -0.25) is 4.90 Å². The first kappa shape index (κ1) is 27.0. The van der Waals surface area contributed by atoms with E-state index in [1.807, 2.05) is 6.07 Å². The van der Waals surface area contributed by atoms with Crippen molar-refractivity contribution >= 4 is 22.4 Å². The number of rotatable bonds is 10. The summed E-state index contributed by atoms with van der Waals surface area (Å²) in [6.45, 7) is 3.09. The third-order valence-corrected chi connectivity index (χ3v) is 8.75. The van der Waals surface area contributed by atoms with Crippen molar-refractivity contribution in [1.82, 2.24) is 9.62 Å². The molecule has 1 aliphatic heterocycles. The molecule has 2 unspecified atom stereocenters. The Morgan fingerprint density at radius 3 is 2.47 bits per heavy atom. The van der Waals surface area contributed by atoms with Gasteiger partial charge in [-0.15, -0.1) is 12.4 Å². The number of ether oxygens (including phenoxy) is 1. The van der Waals surface area contributed by atoms with Crippen LogP contribution in [0.3, 0.4) is 0 Å². The number of hydrogen-bond acceptors (Lipinski definition) is 4. The van der Waals surface area contributed by atoms with Gasteiger partial charge in [-0.1, -0.05) is 43.8 Å². The summed E-state index contributed by atoms with van der Waals surface area (Å²) < 4.78 is 32.8. The quantitative estimate of drug-likeness (QED) is 0.470. The van der Waals surface area contributed by atoms with Gasteiger partial charge in [0.2, 0.25) is 10.0 Å². The molecule has 1 heterocycles. The molecule has 2 aromatic carbocycles. The van der Waals surface area contributed by atoms with E-state index in [1.54, 1.807) is 0 Å². The van der Waals surface area contributed by atoms with Crippen molar-refractivity contribution < 1.29 is 13.2 Å². The van der Waals surface area contributed by atoms with Gasteiger partial charge in [0.15, 0.2) is 0 Å². The number of nitrogens with one attached hydrogen (secondary N) is 1. The average Bonchev–Trinajstić information content (AvgIpc) is 3.55. The molecule has 5 rings (SSSR count). The lowest BCUT2D eigenvalue weighted by Crippen LogP contribution is -2.49. The average molecular weight is 507 g/mol.